The van der Waals surface area contributed by atoms with Crippen molar-refractivity contribution in [3.63, 3.8) is 0 Å². The number of carbonyl (C=O) groups is 6. The summed E-state index contributed by atoms with van der Waals surface area (Å²) in [6, 6.07) is 2.95. The van der Waals surface area contributed by atoms with Crippen molar-refractivity contribution in [1.82, 2.24) is 21.1 Å². The lowest BCUT2D eigenvalue weighted by atomic mass is 9.84. The van der Waals surface area contributed by atoms with Gasteiger partial charge in [-0.2, -0.15) is 0 Å². The number of cyclic esters (lactones) is 1. The molecule has 58 heavy (non-hydrogen) atoms. The second-order valence-electron chi connectivity index (χ2n) is 15.6. The third kappa shape index (κ3) is 14.8. The molecule has 0 spiro atoms. The second kappa shape index (κ2) is 23.5. The summed E-state index contributed by atoms with van der Waals surface area (Å²) in [5.74, 6) is -5.35. The van der Waals surface area contributed by atoms with Gasteiger partial charge in [-0.1, -0.05) is 76.3 Å². The monoisotopic (exact) mass is 806 g/mol. The molecular formula is C44H62N4O10. The molecule has 2 aliphatic heterocycles. The number of hydrazine groups is 1. The number of phenols is 1. The molecule has 1 saturated heterocycles. The highest BCUT2D eigenvalue weighted by atomic mass is 16.5. The third-order valence-corrected chi connectivity index (χ3v) is 10.4. The van der Waals surface area contributed by atoms with E-state index in [0.29, 0.717) is 36.8 Å². The van der Waals surface area contributed by atoms with Crippen LogP contribution in [0, 0.1) is 17.8 Å². The molecule has 14 heteroatoms. The summed E-state index contributed by atoms with van der Waals surface area (Å²) in [6.45, 7) is 10.3. The van der Waals surface area contributed by atoms with Crippen LogP contribution in [0.2, 0.25) is 0 Å². The van der Waals surface area contributed by atoms with E-state index >= 15 is 0 Å². The molecule has 2 aliphatic rings. The van der Waals surface area contributed by atoms with Crippen LogP contribution < -0.4 is 16.1 Å². The number of phenolic OH excluding ortho intramolecular Hbond substituents is 1. The summed E-state index contributed by atoms with van der Waals surface area (Å²) in [5.41, 5.74) is 4.19. The molecule has 1 unspecified atom stereocenters. The molecule has 1 aromatic rings. The minimum absolute atomic E-state index is 0.0240. The molecule has 0 aliphatic carbocycles. The highest BCUT2D eigenvalue weighted by molar-refractivity contribution is 5.93. The van der Waals surface area contributed by atoms with E-state index in [2.05, 4.69) is 16.1 Å². The zero-order chi connectivity index (χ0) is 42.9. The van der Waals surface area contributed by atoms with Gasteiger partial charge in [-0.25, -0.2) is 5.43 Å². The number of aliphatic hydroxyl groups is 2. The molecule has 0 saturated carbocycles. The Morgan fingerprint density at radius 2 is 1.78 bits per heavy atom. The molecule has 0 aromatic heterocycles. The van der Waals surface area contributed by atoms with Gasteiger partial charge < -0.3 is 35.5 Å². The molecule has 318 valence electrons. The van der Waals surface area contributed by atoms with Gasteiger partial charge in [-0.05, 0) is 74.8 Å². The van der Waals surface area contributed by atoms with Crippen LogP contribution in [0.5, 0.6) is 5.75 Å². The number of hydrogen-bond acceptors (Lipinski definition) is 11. The number of amides is 3. The lowest BCUT2D eigenvalue weighted by Crippen LogP contribution is -2.62. The van der Waals surface area contributed by atoms with Crippen LogP contribution in [0.3, 0.4) is 0 Å². The Kier molecular flexibility index (Phi) is 19.2. The number of fused-ring (bicyclic) bond motifs is 2. The first-order valence-electron chi connectivity index (χ1n) is 20.3. The van der Waals surface area contributed by atoms with Gasteiger partial charge in [0.15, 0.2) is 5.78 Å². The summed E-state index contributed by atoms with van der Waals surface area (Å²) < 4.78 is 6.01. The molecule has 8 atom stereocenters. The van der Waals surface area contributed by atoms with Gasteiger partial charge in [-0.15, -0.1) is 0 Å². The average Bonchev–Trinajstić information content (AvgIpc) is 3.17. The van der Waals surface area contributed by atoms with Crippen LogP contribution in [-0.2, 0) is 39.9 Å². The number of esters is 1. The van der Waals surface area contributed by atoms with E-state index in [9.17, 15) is 44.1 Å². The molecule has 2 heterocycles. The molecule has 14 nitrogen and oxygen atoms in total. The van der Waals surface area contributed by atoms with Gasteiger partial charge in [0.2, 0.25) is 11.8 Å². The zero-order valence-electron chi connectivity index (χ0n) is 34.6. The number of Topliss-reactive ketones (excluding diaryl/α,β-unsaturated/α-hetero) is 1. The highest BCUT2D eigenvalue weighted by Crippen LogP contribution is 2.24. The molecule has 2 bridgehead atoms. The number of ketones is 2. The van der Waals surface area contributed by atoms with E-state index in [1.54, 1.807) is 70.2 Å². The number of benzene rings is 1. The average molecular weight is 807 g/mol. The van der Waals surface area contributed by atoms with Crippen molar-refractivity contribution in [3.8, 4) is 5.75 Å². The van der Waals surface area contributed by atoms with Gasteiger partial charge in [-0.3, -0.25) is 29.0 Å². The molecule has 1 fully saturated rings. The van der Waals surface area contributed by atoms with Crippen molar-refractivity contribution in [2.24, 2.45) is 17.8 Å². The van der Waals surface area contributed by atoms with Crippen molar-refractivity contribution in [1.29, 1.82) is 0 Å². The number of nitrogens with zero attached hydrogens (tertiary/aromatic N) is 1. The lowest BCUT2D eigenvalue weighted by molar-refractivity contribution is -0.156. The maximum atomic E-state index is 14.3. The fourth-order valence-corrected chi connectivity index (χ4v) is 6.79. The second-order valence-corrected chi connectivity index (χ2v) is 15.6. The Bertz CT molecular complexity index is 1720. The number of allylic oxidation sites excluding steroid dienone is 5. The Morgan fingerprint density at radius 3 is 2.45 bits per heavy atom. The number of ether oxygens (including phenoxy) is 1. The van der Waals surface area contributed by atoms with Crippen molar-refractivity contribution in [2.45, 2.75) is 129 Å². The summed E-state index contributed by atoms with van der Waals surface area (Å²) in [4.78, 5) is 80.1. The Morgan fingerprint density at radius 1 is 1.03 bits per heavy atom. The van der Waals surface area contributed by atoms with Gasteiger partial charge in [0.05, 0.1) is 18.1 Å². The summed E-state index contributed by atoms with van der Waals surface area (Å²) in [7, 11) is 0. The van der Waals surface area contributed by atoms with Gasteiger partial charge in [0, 0.05) is 38.1 Å². The van der Waals surface area contributed by atoms with Crippen LogP contribution >= 0.6 is 0 Å². The Balaban J connectivity index is 2.07. The number of carbonyl (C=O) groups excluding carboxylic acids is 6. The fourth-order valence-electron chi connectivity index (χ4n) is 6.79. The number of aromatic hydroxyl groups is 1. The van der Waals surface area contributed by atoms with Crippen LogP contribution in [0.25, 0.3) is 0 Å². The van der Waals surface area contributed by atoms with E-state index in [4.69, 9.17) is 4.74 Å². The summed E-state index contributed by atoms with van der Waals surface area (Å²) >= 11 is 0. The maximum absolute atomic E-state index is 14.3. The first kappa shape index (κ1) is 47.5. The van der Waals surface area contributed by atoms with E-state index in [-0.39, 0.29) is 49.5 Å². The predicted octanol–water partition coefficient (Wildman–Crippen LogP) is 3.70. The van der Waals surface area contributed by atoms with E-state index < -0.39 is 77.9 Å². The first-order chi connectivity index (χ1) is 27.5. The van der Waals surface area contributed by atoms with Crippen LogP contribution in [0.4, 0.5) is 0 Å². The lowest BCUT2D eigenvalue weighted by Gasteiger charge is -2.36. The summed E-state index contributed by atoms with van der Waals surface area (Å²) in [5, 5.41) is 39.5. The minimum Gasteiger partial charge on any atom is -0.508 e. The van der Waals surface area contributed by atoms with Gasteiger partial charge in [0.25, 0.3) is 5.91 Å². The van der Waals surface area contributed by atoms with Crippen molar-refractivity contribution in [2.75, 3.05) is 6.54 Å². The Hall–Kier alpha value is -4.92. The quantitative estimate of drug-likeness (QED) is 0.108. The molecule has 1 aromatic carbocycles. The third-order valence-electron chi connectivity index (χ3n) is 10.4. The standard InChI is InChI=1S/C44H62N4O10/c1-7-14-32(50)17-11-15-28(4)38-21-10-8-9-20-37(52)30(6)40(53)34(23-22-29(5)49)41(54)46-39(27(2)3)42(55)45-36(26-31-16-12-18-33(51)25-31)43(56)48-24-13-19-35(47-48)44(57)58-38/h8-12,15-18,20,25,27,30,34-40,47,51-53H,7,13-14,19,21-24,26H2,1-6H3,(H,45,55)(H,46,54)/t30-,34+,35?,36-,37-,38-,39-,40+/m0/s1. The van der Waals surface area contributed by atoms with Gasteiger partial charge in [0.1, 0.15) is 35.8 Å². The number of hydrogen-bond donors (Lipinski definition) is 6. The number of nitrogens with one attached hydrogen (secondary N) is 3. The summed E-state index contributed by atoms with van der Waals surface area (Å²) in [6.07, 6.45) is 9.87. The number of aliphatic hydroxyl groups excluding tert-OH is 2. The highest BCUT2D eigenvalue weighted by Gasteiger charge is 2.38. The van der Waals surface area contributed by atoms with Crippen LogP contribution in [-0.4, -0.2) is 98.6 Å². The largest absolute Gasteiger partial charge is 0.508 e. The molecule has 0 radical (unpaired) electrons. The first-order valence-corrected chi connectivity index (χ1v) is 20.3. The SMILES string of the molecule is CCCC(=O)C=CC=C(C)[C@@H]1CC=CC=C[C@H](O)[C@H](C)[C@@H](O)[C@@H](CCC(C)=O)C(=O)N[C@@H](C(C)C)C(=O)N[C@@H](Cc2cccc(O)c2)C(=O)N2CCCC(N2)C(=O)O1. The normalized spacial score (nSPS) is 27.4. The van der Waals surface area contributed by atoms with Crippen molar-refractivity contribution >= 4 is 35.3 Å². The topological polar surface area (TPSA) is 212 Å². The molecule has 3 rings (SSSR count). The van der Waals surface area contributed by atoms with Gasteiger partial charge >= 0.3 is 5.97 Å². The molecule has 3 amide bonds. The predicted molar refractivity (Wildman–Crippen MR) is 219 cm³/mol. The molecule has 6 N–H and O–H groups in total. The fraction of sp³-hybridized carbons (Fsp3) is 0.545. The minimum atomic E-state index is -1.41. The Labute approximate surface area is 341 Å². The maximum Gasteiger partial charge on any atom is 0.325 e. The smallest absolute Gasteiger partial charge is 0.325 e. The van der Waals surface area contributed by atoms with E-state index in [1.807, 2.05) is 6.92 Å². The van der Waals surface area contributed by atoms with Crippen molar-refractivity contribution < 1.29 is 48.8 Å². The van der Waals surface area contributed by atoms with E-state index in [0.717, 1.165) is 0 Å². The van der Waals surface area contributed by atoms with Crippen molar-refractivity contribution in [3.05, 3.63) is 77.9 Å². The van der Waals surface area contributed by atoms with Crippen LogP contribution in [0.15, 0.2) is 72.4 Å². The van der Waals surface area contributed by atoms with Crippen LogP contribution in [0.1, 0.15) is 92.1 Å². The molecular weight excluding hydrogens is 745 g/mol. The zero-order valence-corrected chi connectivity index (χ0v) is 34.6. The van der Waals surface area contributed by atoms with E-state index in [1.165, 1.54) is 36.2 Å². The number of rotatable bonds is 11.